The van der Waals surface area contributed by atoms with E-state index in [4.69, 9.17) is 16.3 Å². The second-order valence-corrected chi connectivity index (χ2v) is 7.28. The van der Waals surface area contributed by atoms with E-state index in [1.807, 2.05) is 19.1 Å². The second-order valence-electron chi connectivity index (χ2n) is 6.85. The number of anilines is 1. The highest BCUT2D eigenvalue weighted by molar-refractivity contribution is 6.30. The smallest absolute Gasteiger partial charge is 0.409 e. The van der Waals surface area contributed by atoms with Gasteiger partial charge in [0.05, 0.1) is 12.5 Å². The minimum Gasteiger partial charge on any atom is -0.450 e. The van der Waals surface area contributed by atoms with Crippen molar-refractivity contribution in [3.63, 3.8) is 0 Å². The largest absolute Gasteiger partial charge is 0.450 e. The average Bonchev–Trinajstić information content (AvgIpc) is 3.03. The first kappa shape index (κ1) is 19.5. The summed E-state index contributed by atoms with van der Waals surface area (Å²) in [6.45, 7) is 6.20. The van der Waals surface area contributed by atoms with E-state index in [0.717, 1.165) is 11.3 Å². The molecule has 0 aromatic heterocycles. The fourth-order valence-corrected chi connectivity index (χ4v) is 3.84. The zero-order valence-corrected chi connectivity index (χ0v) is 16.4. The summed E-state index contributed by atoms with van der Waals surface area (Å²) in [5, 5.41) is 0.620. The zero-order chi connectivity index (χ0) is 19.6. The third-order valence-corrected chi connectivity index (χ3v) is 5.28. The monoisotopic (exact) mass is 393 g/mol. The van der Waals surface area contributed by atoms with E-state index in [0.29, 0.717) is 44.4 Å². The first-order valence-electron chi connectivity index (χ1n) is 9.17. The van der Waals surface area contributed by atoms with Crippen molar-refractivity contribution in [1.29, 1.82) is 0 Å². The number of hydrogen-bond donors (Lipinski definition) is 0. The summed E-state index contributed by atoms with van der Waals surface area (Å²) >= 11 is 5.99. The standard InChI is InChI=1S/C19H24ClN3O4/c1-3-27-19(26)22-8-6-21(7-9-22)18(25)14-11-17(24)23(12-14)16-5-4-15(20)10-13(16)2/h4-5,10,14H,3,6-9,11-12H2,1-2H3. The molecule has 1 unspecified atom stereocenters. The highest BCUT2D eigenvalue weighted by Crippen LogP contribution is 2.30. The Balaban J connectivity index is 1.60. The van der Waals surface area contributed by atoms with Crippen LogP contribution in [0, 0.1) is 12.8 Å². The van der Waals surface area contributed by atoms with Crippen LogP contribution in [-0.2, 0) is 14.3 Å². The molecule has 1 atom stereocenters. The number of rotatable bonds is 3. The first-order valence-corrected chi connectivity index (χ1v) is 9.55. The van der Waals surface area contributed by atoms with E-state index in [1.165, 1.54) is 0 Å². The summed E-state index contributed by atoms with van der Waals surface area (Å²) in [6, 6.07) is 5.38. The lowest BCUT2D eigenvalue weighted by Gasteiger charge is -2.35. The Bertz CT molecular complexity index is 746. The third-order valence-electron chi connectivity index (χ3n) is 5.04. The Morgan fingerprint density at radius 2 is 1.85 bits per heavy atom. The van der Waals surface area contributed by atoms with Crippen LogP contribution < -0.4 is 4.90 Å². The number of benzene rings is 1. The predicted octanol–water partition coefficient (Wildman–Crippen LogP) is 2.30. The molecule has 0 saturated carbocycles. The molecule has 0 aliphatic carbocycles. The van der Waals surface area contributed by atoms with Gasteiger partial charge in [0.25, 0.3) is 0 Å². The van der Waals surface area contributed by atoms with Gasteiger partial charge in [-0.1, -0.05) is 11.6 Å². The number of aryl methyl sites for hydroxylation is 1. The van der Waals surface area contributed by atoms with Gasteiger partial charge in [0.1, 0.15) is 0 Å². The van der Waals surface area contributed by atoms with Gasteiger partial charge in [-0.2, -0.15) is 0 Å². The maximum Gasteiger partial charge on any atom is 0.409 e. The van der Waals surface area contributed by atoms with Crippen LogP contribution in [0.2, 0.25) is 5.02 Å². The topological polar surface area (TPSA) is 70.2 Å². The first-order chi connectivity index (χ1) is 12.9. The van der Waals surface area contributed by atoms with Crippen LogP contribution in [0.25, 0.3) is 0 Å². The molecule has 146 valence electrons. The van der Waals surface area contributed by atoms with Crippen molar-refractivity contribution in [3.8, 4) is 0 Å². The number of amides is 3. The lowest BCUT2D eigenvalue weighted by atomic mass is 10.1. The van der Waals surface area contributed by atoms with Gasteiger partial charge >= 0.3 is 6.09 Å². The van der Waals surface area contributed by atoms with Crippen LogP contribution in [0.5, 0.6) is 0 Å². The van der Waals surface area contributed by atoms with Crippen molar-refractivity contribution in [2.75, 3.05) is 44.2 Å². The normalized spacial score (nSPS) is 20.2. The summed E-state index contributed by atoms with van der Waals surface area (Å²) < 4.78 is 5.00. The van der Waals surface area contributed by atoms with E-state index in [9.17, 15) is 14.4 Å². The van der Waals surface area contributed by atoms with Crippen molar-refractivity contribution >= 4 is 35.2 Å². The molecule has 8 heteroatoms. The van der Waals surface area contributed by atoms with E-state index in [1.54, 1.807) is 27.7 Å². The van der Waals surface area contributed by atoms with Gasteiger partial charge in [-0.05, 0) is 37.6 Å². The molecule has 0 spiro atoms. The van der Waals surface area contributed by atoms with Crippen molar-refractivity contribution in [1.82, 2.24) is 9.80 Å². The molecule has 0 bridgehead atoms. The summed E-state index contributed by atoms with van der Waals surface area (Å²) in [6.07, 6.45) is -0.135. The molecule has 7 nitrogen and oxygen atoms in total. The molecule has 0 radical (unpaired) electrons. The Hall–Kier alpha value is -2.28. The van der Waals surface area contributed by atoms with Gasteiger partial charge in [-0.3, -0.25) is 9.59 Å². The highest BCUT2D eigenvalue weighted by atomic mass is 35.5. The maximum absolute atomic E-state index is 12.9. The molecule has 3 rings (SSSR count). The number of hydrogen-bond acceptors (Lipinski definition) is 4. The fourth-order valence-electron chi connectivity index (χ4n) is 3.61. The van der Waals surface area contributed by atoms with Gasteiger partial charge in [0.15, 0.2) is 0 Å². The Morgan fingerprint density at radius 3 is 2.48 bits per heavy atom. The molecule has 2 aliphatic heterocycles. The van der Waals surface area contributed by atoms with Crippen molar-refractivity contribution in [2.24, 2.45) is 5.92 Å². The van der Waals surface area contributed by atoms with Gasteiger partial charge in [-0.25, -0.2) is 4.79 Å². The van der Waals surface area contributed by atoms with Gasteiger partial charge in [-0.15, -0.1) is 0 Å². The van der Waals surface area contributed by atoms with Crippen LogP contribution in [-0.4, -0.2) is 67.0 Å². The quantitative estimate of drug-likeness (QED) is 0.790. The molecule has 27 heavy (non-hydrogen) atoms. The van der Waals surface area contributed by atoms with E-state index in [2.05, 4.69) is 0 Å². The van der Waals surface area contributed by atoms with Crippen LogP contribution >= 0.6 is 11.6 Å². The van der Waals surface area contributed by atoms with Crippen LogP contribution in [0.4, 0.5) is 10.5 Å². The molecule has 1 aromatic carbocycles. The van der Waals surface area contributed by atoms with Crippen molar-refractivity contribution < 1.29 is 19.1 Å². The molecule has 2 fully saturated rings. The number of piperazine rings is 1. The molecule has 2 aliphatic rings. The lowest BCUT2D eigenvalue weighted by molar-refractivity contribution is -0.137. The zero-order valence-electron chi connectivity index (χ0n) is 15.6. The Morgan fingerprint density at radius 1 is 1.19 bits per heavy atom. The molecule has 2 heterocycles. The number of halogens is 1. The molecular weight excluding hydrogens is 370 g/mol. The minimum atomic E-state index is -0.360. The van der Waals surface area contributed by atoms with Crippen LogP contribution in [0.3, 0.4) is 0 Å². The number of ether oxygens (including phenoxy) is 1. The van der Waals surface area contributed by atoms with Gasteiger partial charge in [0.2, 0.25) is 11.8 Å². The van der Waals surface area contributed by atoms with Gasteiger partial charge < -0.3 is 19.4 Å². The van der Waals surface area contributed by atoms with Crippen LogP contribution in [0.15, 0.2) is 18.2 Å². The molecular formula is C19H24ClN3O4. The van der Waals surface area contributed by atoms with Crippen molar-refractivity contribution in [2.45, 2.75) is 20.3 Å². The Kier molecular flexibility index (Phi) is 5.89. The van der Waals surface area contributed by atoms with E-state index in [-0.39, 0.29) is 30.2 Å². The average molecular weight is 394 g/mol. The number of carbonyl (C=O) groups excluding carboxylic acids is 3. The fraction of sp³-hybridized carbons (Fsp3) is 0.526. The SMILES string of the molecule is CCOC(=O)N1CCN(C(=O)C2CC(=O)N(c3ccc(Cl)cc3C)C2)CC1. The minimum absolute atomic E-state index is 0.0269. The predicted molar refractivity (Wildman–Crippen MR) is 102 cm³/mol. The summed E-state index contributed by atoms with van der Waals surface area (Å²) in [7, 11) is 0. The van der Waals surface area contributed by atoms with Crippen LogP contribution in [0.1, 0.15) is 18.9 Å². The van der Waals surface area contributed by atoms with Gasteiger partial charge in [0, 0.05) is 49.9 Å². The second kappa shape index (κ2) is 8.17. The molecule has 3 amide bonds. The molecule has 1 aromatic rings. The Labute approximate surface area is 163 Å². The maximum atomic E-state index is 12.9. The number of carbonyl (C=O) groups is 3. The summed E-state index contributed by atoms with van der Waals surface area (Å²) in [4.78, 5) is 42.1. The molecule has 2 saturated heterocycles. The lowest BCUT2D eigenvalue weighted by Crippen LogP contribution is -2.52. The van der Waals surface area contributed by atoms with E-state index < -0.39 is 0 Å². The summed E-state index contributed by atoms with van der Waals surface area (Å²) in [5.41, 5.74) is 1.71. The van der Waals surface area contributed by atoms with E-state index >= 15 is 0 Å². The highest BCUT2D eigenvalue weighted by Gasteiger charge is 2.38. The number of nitrogens with zero attached hydrogens (tertiary/aromatic N) is 3. The summed E-state index contributed by atoms with van der Waals surface area (Å²) in [5.74, 6) is -0.438. The molecule has 0 N–H and O–H groups in total. The van der Waals surface area contributed by atoms with Crippen molar-refractivity contribution in [3.05, 3.63) is 28.8 Å². The third kappa shape index (κ3) is 4.18.